The summed E-state index contributed by atoms with van der Waals surface area (Å²) in [6.45, 7) is 8.25. The van der Waals surface area contributed by atoms with E-state index in [1.165, 1.54) is 11.3 Å². The van der Waals surface area contributed by atoms with Gasteiger partial charge in [-0.15, -0.1) is 0 Å². The smallest absolute Gasteiger partial charge is 0.226 e. The molecule has 2 aromatic carbocycles. The highest BCUT2D eigenvalue weighted by atomic mass is 32.2. The third-order valence-electron chi connectivity index (χ3n) is 6.15. The highest BCUT2D eigenvalue weighted by Crippen LogP contribution is 2.32. The standard InChI is InChI=1S/C23H28N2O3S.C2H6/c1-18-7-9-21(10-8-18)24-13-14-25(22(17-24)19-5-3-2-4-6-19)23(26)20-11-15-29(27,28)16-12-20;1-2/h2-10,20,22H,11-17H2,1H3;1-2H3. The summed E-state index contributed by atoms with van der Waals surface area (Å²) in [5.74, 6) is 0.179. The fourth-order valence-corrected chi connectivity index (χ4v) is 5.86. The van der Waals surface area contributed by atoms with Crippen molar-refractivity contribution < 1.29 is 13.2 Å². The van der Waals surface area contributed by atoms with Crippen LogP contribution in [0.5, 0.6) is 0 Å². The minimum atomic E-state index is -2.97. The van der Waals surface area contributed by atoms with Gasteiger partial charge in [-0.3, -0.25) is 4.79 Å². The predicted molar refractivity (Wildman–Crippen MR) is 127 cm³/mol. The molecule has 2 fully saturated rings. The van der Waals surface area contributed by atoms with Crippen molar-refractivity contribution in [2.45, 2.75) is 39.7 Å². The number of carbonyl (C=O) groups is 1. The number of rotatable bonds is 3. The van der Waals surface area contributed by atoms with Gasteiger partial charge in [-0.05, 0) is 37.5 Å². The van der Waals surface area contributed by atoms with Crippen LogP contribution in [0, 0.1) is 12.8 Å². The normalized spacial score (nSPS) is 21.2. The highest BCUT2D eigenvalue weighted by molar-refractivity contribution is 7.91. The summed E-state index contributed by atoms with van der Waals surface area (Å²) in [6, 6.07) is 18.6. The van der Waals surface area contributed by atoms with Gasteiger partial charge in [0.05, 0.1) is 17.5 Å². The lowest BCUT2D eigenvalue weighted by Crippen LogP contribution is -2.53. The van der Waals surface area contributed by atoms with E-state index in [2.05, 4.69) is 48.2 Å². The van der Waals surface area contributed by atoms with Gasteiger partial charge in [0.25, 0.3) is 0 Å². The molecule has 0 radical (unpaired) electrons. The molecule has 31 heavy (non-hydrogen) atoms. The van der Waals surface area contributed by atoms with Crippen molar-refractivity contribution in [1.82, 2.24) is 4.90 Å². The van der Waals surface area contributed by atoms with Crippen LogP contribution < -0.4 is 4.90 Å². The number of nitrogens with zero attached hydrogens (tertiary/aromatic N) is 2. The summed E-state index contributed by atoms with van der Waals surface area (Å²) in [5, 5.41) is 0. The number of aryl methyl sites for hydroxylation is 1. The predicted octanol–water partition coefficient (Wildman–Crippen LogP) is 4.24. The van der Waals surface area contributed by atoms with Crippen molar-refractivity contribution in [3.05, 3.63) is 65.7 Å². The molecule has 1 amide bonds. The Morgan fingerprint density at radius 3 is 2.13 bits per heavy atom. The van der Waals surface area contributed by atoms with Crippen LogP contribution in [-0.2, 0) is 14.6 Å². The van der Waals surface area contributed by atoms with Gasteiger partial charge in [0.1, 0.15) is 9.84 Å². The fraction of sp³-hybridized carbons (Fsp3) is 0.480. The summed E-state index contributed by atoms with van der Waals surface area (Å²) in [5.41, 5.74) is 3.53. The van der Waals surface area contributed by atoms with Crippen LogP contribution in [0.3, 0.4) is 0 Å². The van der Waals surface area contributed by atoms with Crippen LogP contribution >= 0.6 is 0 Å². The molecule has 0 N–H and O–H groups in total. The van der Waals surface area contributed by atoms with Crippen molar-refractivity contribution in [3.8, 4) is 0 Å². The molecule has 5 nitrogen and oxygen atoms in total. The molecule has 4 rings (SSSR count). The fourth-order valence-electron chi connectivity index (χ4n) is 4.37. The first-order valence-electron chi connectivity index (χ1n) is 11.3. The molecule has 2 heterocycles. The van der Waals surface area contributed by atoms with Gasteiger partial charge in [-0.1, -0.05) is 61.9 Å². The summed E-state index contributed by atoms with van der Waals surface area (Å²) in [6.07, 6.45) is 0.891. The number of hydrogen-bond donors (Lipinski definition) is 0. The third kappa shape index (κ3) is 5.67. The van der Waals surface area contributed by atoms with E-state index in [9.17, 15) is 13.2 Å². The quantitative estimate of drug-likeness (QED) is 0.714. The maximum Gasteiger partial charge on any atom is 0.226 e. The lowest BCUT2D eigenvalue weighted by molar-refractivity contribution is -0.138. The minimum Gasteiger partial charge on any atom is -0.367 e. The zero-order valence-corrected chi connectivity index (χ0v) is 19.6. The lowest BCUT2D eigenvalue weighted by Gasteiger charge is -2.44. The average Bonchev–Trinajstić information content (AvgIpc) is 2.81. The van der Waals surface area contributed by atoms with Gasteiger partial charge in [0.2, 0.25) is 5.91 Å². The molecular weight excluding hydrogens is 408 g/mol. The number of anilines is 1. The molecule has 0 aromatic heterocycles. The first kappa shape index (κ1) is 23.3. The van der Waals surface area contributed by atoms with Gasteiger partial charge >= 0.3 is 0 Å². The van der Waals surface area contributed by atoms with Crippen molar-refractivity contribution >= 4 is 21.4 Å². The number of piperazine rings is 1. The zero-order chi connectivity index (χ0) is 22.4. The summed E-state index contributed by atoms with van der Waals surface area (Å²) in [7, 11) is -2.97. The molecule has 2 aliphatic rings. The molecule has 6 heteroatoms. The van der Waals surface area contributed by atoms with Crippen LogP contribution in [0.25, 0.3) is 0 Å². The molecule has 0 saturated carbocycles. The van der Waals surface area contributed by atoms with Gasteiger partial charge in [0, 0.05) is 31.2 Å². The lowest BCUT2D eigenvalue weighted by atomic mass is 9.96. The van der Waals surface area contributed by atoms with Crippen LogP contribution in [0.1, 0.15) is 43.9 Å². The average molecular weight is 443 g/mol. The van der Waals surface area contributed by atoms with E-state index in [0.717, 1.165) is 18.7 Å². The molecule has 2 saturated heterocycles. The summed E-state index contributed by atoms with van der Waals surface area (Å²) >= 11 is 0. The van der Waals surface area contributed by atoms with Gasteiger partial charge in [-0.25, -0.2) is 8.42 Å². The van der Waals surface area contributed by atoms with E-state index >= 15 is 0 Å². The zero-order valence-electron chi connectivity index (χ0n) is 18.8. The Bertz CT molecular complexity index is 944. The van der Waals surface area contributed by atoms with Crippen LogP contribution in [-0.4, -0.2) is 50.4 Å². The molecule has 2 aromatic rings. The number of sulfone groups is 1. The van der Waals surface area contributed by atoms with E-state index in [0.29, 0.717) is 19.4 Å². The molecule has 0 aliphatic carbocycles. The van der Waals surface area contributed by atoms with E-state index in [1.807, 2.05) is 36.9 Å². The van der Waals surface area contributed by atoms with Gasteiger partial charge < -0.3 is 9.80 Å². The van der Waals surface area contributed by atoms with Crippen molar-refractivity contribution in [3.63, 3.8) is 0 Å². The van der Waals surface area contributed by atoms with Crippen LogP contribution in [0.4, 0.5) is 5.69 Å². The Morgan fingerprint density at radius 2 is 1.52 bits per heavy atom. The van der Waals surface area contributed by atoms with E-state index < -0.39 is 9.84 Å². The first-order valence-corrected chi connectivity index (χ1v) is 13.1. The second kappa shape index (κ2) is 10.3. The number of carbonyl (C=O) groups excluding carboxylic acids is 1. The Hall–Kier alpha value is -2.34. The molecule has 168 valence electrons. The van der Waals surface area contributed by atoms with Gasteiger partial charge in [-0.2, -0.15) is 0 Å². The van der Waals surface area contributed by atoms with Crippen LogP contribution in [0.2, 0.25) is 0 Å². The Morgan fingerprint density at radius 1 is 0.903 bits per heavy atom. The number of benzene rings is 2. The van der Waals surface area contributed by atoms with E-state index in [-0.39, 0.29) is 29.4 Å². The monoisotopic (exact) mass is 442 g/mol. The van der Waals surface area contributed by atoms with E-state index in [4.69, 9.17) is 0 Å². The molecule has 2 aliphatic heterocycles. The van der Waals surface area contributed by atoms with E-state index in [1.54, 1.807) is 0 Å². The van der Waals surface area contributed by atoms with Crippen molar-refractivity contribution in [2.24, 2.45) is 5.92 Å². The Kier molecular flexibility index (Phi) is 7.76. The Balaban J connectivity index is 0.00000132. The number of amides is 1. The maximum atomic E-state index is 13.3. The summed E-state index contributed by atoms with van der Waals surface area (Å²) in [4.78, 5) is 17.7. The molecule has 0 bridgehead atoms. The molecular formula is C25H34N2O3S. The maximum absolute atomic E-state index is 13.3. The van der Waals surface area contributed by atoms with Crippen molar-refractivity contribution in [1.29, 1.82) is 0 Å². The Labute approximate surface area is 187 Å². The second-order valence-electron chi connectivity index (χ2n) is 8.17. The molecule has 1 atom stereocenters. The van der Waals surface area contributed by atoms with Crippen molar-refractivity contribution in [2.75, 3.05) is 36.0 Å². The largest absolute Gasteiger partial charge is 0.367 e. The molecule has 1 unspecified atom stereocenters. The third-order valence-corrected chi connectivity index (χ3v) is 7.87. The summed E-state index contributed by atoms with van der Waals surface area (Å²) < 4.78 is 23.5. The first-order chi connectivity index (χ1) is 14.9. The topological polar surface area (TPSA) is 57.7 Å². The number of hydrogen-bond acceptors (Lipinski definition) is 4. The van der Waals surface area contributed by atoms with Gasteiger partial charge in [0.15, 0.2) is 0 Å². The SMILES string of the molecule is CC.Cc1ccc(N2CCN(C(=O)C3CCS(=O)(=O)CC3)C(c3ccccc3)C2)cc1. The second-order valence-corrected chi connectivity index (χ2v) is 10.5. The minimum absolute atomic E-state index is 0.0303. The highest BCUT2D eigenvalue weighted by Gasteiger charge is 2.37. The molecule has 0 spiro atoms. The van der Waals surface area contributed by atoms with Crippen LogP contribution in [0.15, 0.2) is 54.6 Å².